The van der Waals surface area contributed by atoms with Gasteiger partial charge in [-0.2, -0.15) is 10.2 Å². The molecule has 0 N–H and O–H groups in total. The van der Waals surface area contributed by atoms with E-state index in [4.69, 9.17) is 0 Å². The summed E-state index contributed by atoms with van der Waals surface area (Å²) in [6.07, 6.45) is 4.11. The third kappa shape index (κ3) is 2.52. The van der Waals surface area contributed by atoms with Crippen LogP contribution in [0.3, 0.4) is 0 Å². The van der Waals surface area contributed by atoms with Gasteiger partial charge in [-0.15, -0.1) is 0 Å². The summed E-state index contributed by atoms with van der Waals surface area (Å²) < 4.78 is 17.2. The lowest BCUT2D eigenvalue weighted by atomic mass is 10.1. The molecule has 3 heterocycles. The number of rotatable bonds is 2. The number of anilines is 1. The Bertz CT molecular complexity index is 931. The Balaban J connectivity index is 1.69. The summed E-state index contributed by atoms with van der Waals surface area (Å²) in [5.74, 6) is 0.163. The fraction of sp³-hybridized carbons (Fsp3) is 0.278. The van der Waals surface area contributed by atoms with Crippen molar-refractivity contribution < 1.29 is 9.18 Å². The fourth-order valence-corrected chi connectivity index (χ4v) is 3.40. The molecule has 1 aliphatic rings. The molecule has 0 spiro atoms. The van der Waals surface area contributed by atoms with Crippen molar-refractivity contribution in [3.8, 4) is 5.69 Å². The lowest BCUT2D eigenvalue weighted by molar-refractivity contribution is 0.0961. The Labute approximate surface area is 144 Å². The number of benzene rings is 1. The predicted octanol–water partition coefficient (Wildman–Crippen LogP) is 3.21. The van der Waals surface area contributed by atoms with Crippen molar-refractivity contribution in [1.29, 1.82) is 0 Å². The highest BCUT2D eigenvalue weighted by Gasteiger charge is 2.33. The number of fused-ring (bicyclic) bond motifs is 1. The van der Waals surface area contributed by atoms with E-state index in [9.17, 15) is 9.18 Å². The van der Waals surface area contributed by atoms with Gasteiger partial charge in [0.25, 0.3) is 5.91 Å². The van der Waals surface area contributed by atoms with Crippen molar-refractivity contribution in [3.05, 3.63) is 60.3 Å². The molecule has 0 radical (unpaired) electrons. The molecule has 0 unspecified atom stereocenters. The highest BCUT2D eigenvalue weighted by molar-refractivity contribution is 6.04. The molecule has 1 aliphatic heterocycles. The summed E-state index contributed by atoms with van der Waals surface area (Å²) in [7, 11) is 0. The smallest absolute Gasteiger partial charge is 0.280 e. The van der Waals surface area contributed by atoms with E-state index in [2.05, 4.69) is 17.1 Å². The van der Waals surface area contributed by atoms with Crippen LogP contribution in [-0.4, -0.2) is 31.5 Å². The van der Waals surface area contributed by atoms with E-state index < -0.39 is 0 Å². The van der Waals surface area contributed by atoms with Crippen LogP contribution in [0, 0.1) is 5.82 Å². The number of para-hydroxylation sites is 1. The number of carbonyl (C=O) groups is 1. The van der Waals surface area contributed by atoms with Crippen LogP contribution < -0.4 is 4.90 Å². The van der Waals surface area contributed by atoms with Crippen molar-refractivity contribution in [1.82, 2.24) is 19.6 Å². The minimum Gasteiger partial charge on any atom is -0.289 e. The zero-order chi connectivity index (χ0) is 17.6. The molecule has 4 rings (SSSR count). The van der Waals surface area contributed by atoms with Gasteiger partial charge >= 0.3 is 0 Å². The molecule has 0 fully saturated rings. The van der Waals surface area contributed by atoms with Crippen molar-refractivity contribution in [2.45, 2.75) is 32.4 Å². The third-order valence-corrected chi connectivity index (χ3v) is 4.56. The number of hydrogen-bond donors (Lipinski definition) is 0. The lowest BCUT2D eigenvalue weighted by Gasteiger charge is -2.36. The van der Waals surface area contributed by atoms with Crippen LogP contribution in [0.5, 0.6) is 0 Å². The van der Waals surface area contributed by atoms with E-state index in [0.717, 1.165) is 12.2 Å². The predicted molar refractivity (Wildman–Crippen MR) is 91.3 cm³/mol. The molecule has 2 atom stereocenters. The zero-order valence-corrected chi connectivity index (χ0v) is 14.0. The third-order valence-electron chi connectivity index (χ3n) is 4.56. The molecular weight excluding hydrogens is 321 g/mol. The summed E-state index contributed by atoms with van der Waals surface area (Å²) >= 11 is 0. The van der Waals surface area contributed by atoms with E-state index in [1.165, 1.54) is 10.7 Å². The molecule has 7 heteroatoms. The number of amides is 1. The molecule has 0 saturated carbocycles. The van der Waals surface area contributed by atoms with Crippen molar-refractivity contribution in [3.63, 3.8) is 0 Å². The Hall–Kier alpha value is -2.96. The number of carbonyl (C=O) groups excluding carboxylic acids is 1. The van der Waals surface area contributed by atoms with Gasteiger partial charge in [-0.25, -0.2) is 13.8 Å². The summed E-state index contributed by atoms with van der Waals surface area (Å²) in [6, 6.07) is 10.0. The summed E-state index contributed by atoms with van der Waals surface area (Å²) in [5, 5.41) is 8.59. The molecule has 2 aromatic heterocycles. The molecule has 128 valence electrons. The molecular formula is C18H18FN5O. The second-order valence-corrected chi connectivity index (χ2v) is 6.34. The summed E-state index contributed by atoms with van der Waals surface area (Å²) in [4.78, 5) is 14.7. The van der Waals surface area contributed by atoms with Crippen molar-refractivity contribution in [2.24, 2.45) is 0 Å². The Morgan fingerprint density at radius 1 is 1.16 bits per heavy atom. The SMILES string of the molecule is C[C@@H]1C[C@H](C)n2nccc2N1C(=O)c1ccn(-c2ccccc2F)n1. The number of aromatic nitrogens is 4. The summed E-state index contributed by atoms with van der Waals surface area (Å²) in [6.45, 7) is 4.10. The number of nitrogens with zero attached hydrogens (tertiary/aromatic N) is 5. The van der Waals surface area contributed by atoms with Crippen LogP contribution in [0.2, 0.25) is 0 Å². The Morgan fingerprint density at radius 3 is 2.76 bits per heavy atom. The molecule has 0 bridgehead atoms. The van der Waals surface area contributed by atoms with E-state index in [0.29, 0.717) is 5.69 Å². The maximum absolute atomic E-state index is 13.9. The first kappa shape index (κ1) is 15.6. The van der Waals surface area contributed by atoms with E-state index >= 15 is 0 Å². The van der Waals surface area contributed by atoms with Crippen LogP contribution in [0.25, 0.3) is 5.69 Å². The van der Waals surface area contributed by atoms with Gasteiger partial charge in [0.05, 0.1) is 12.2 Å². The Kier molecular flexibility index (Phi) is 3.63. The fourth-order valence-electron chi connectivity index (χ4n) is 3.40. The second-order valence-electron chi connectivity index (χ2n) is 6.34. The van der Waals surface area contributed by atoms with Gasteiger partial charge in [-0.1, -0.05) is 12.1 Å². The van der Waals surface area contributed by atoms with E-state index in [1.807, 2.05) is 17.7 Å². The van der Waals surface area contributed by atoms with Gasteiger partial charge in [-0.05, 0) is 38.5 Å². The van der Waals surface area contributed by atoms with Gasteiger partial charge < -0.3 is 0 Å². The highest BCUT2D eigenvalue weighted by Crippen LogP contribution is 2.32. The van der Waals surface area contributed by atoms with E-state index in [-0.39, 0.29) is 29.5 Å². The normalized spacial score (nSPS) is 19.7. The van der Waals surface area contributed by atoms with Gasteiger partial charge in [-0.3, -0.25) is 9.69 Å². The molecule has 6 nitrogen and oxygen atoms in total. The molecule has 0 aliphatic carbocycles. The van der Waals surface area contributed by atoms with E-state index in [1.54, 1.807) is 41.6 Å². The van der Waals surface area contributed by atoms with Gasteiger partial charge in [0.1, 0.15) is 17.3 Å². The van der Waals surface area contributed by atoms with Gasteiger partial charge in [0.15, 0.2) is 5.69 Å². The number of halogens is 1. The number of hydrogen-bond acceptors (Lipinski definition) is 3. The average Bonchev–Trinajstić information content (AvgIpc) is 3.24. The Morgan fingerprint density at radius 2 is 1.96 bits per heavy atom. The topological polar surface area (TPSA) is 56.0 Å². The minimum absolute atomic E-state index is 0.0327. The quantitative estimate of drug-likeness (QED) is 0.720. The lowest BCUT2D eigenvalue weighted by Crippen LogP contribution is -2.45. The molecule has 25 heavy (non-hydrogen) atoms. The van der Waals surface area contributed by atoms with Crippen LogP contribution in [-0.2, 0) is 0 Å². The first-order valence-corrected chi connectivity index (χ1v) is 8.24. The second kappa shape index (κ2) is 5.84. The van der Waals surface area contributed by atoms with Crippen LogP contribution in [0.1, 0.15) is 36.8 Å². The van der Waals surface area contributed by atoms with Gasteiger partial charge in [0, 0.05) is 18.3 Å². The highest BCUT2D eigenvalue weighted by atomic mass is 19.1. The van der Waals surface area contributed by atoms with Crippen LogP contribution in [0.15, 0.2) is 48.8 Å². The zero-order valence-electron chi connectivity index (χ0n) is 14.0. The monoisotopic (exact) mass is 339 g/mol. The summed E-state index contributed by atoms with van der Waals surface area (Å²) in [5.41, 5.74) is 0.587. The molecule has 3 aromatic rings. The molecule has 0 saturated heterocycles. The van der Waals surface area contributed by atoms with Gasteiger partial charge in [0.2, 0.25) is 0 Å². The maximum Gasteiger partial charge on any atom is 0.280 e. The average molecular weight is 339 g/mol. The van der Waals surface area contributed by atoms with Crippen molar-refractivity contribution in [2.75, 3.05) is 4.90 Å². The standard InChI is InChI=1S/C18H18FN5O/c1-12-11-13(2)24-17(7-9-20-24)23(12)18(25)15-8-10-22(21-15)16-6-4-3-5-14(16)19/h3-10,12-13H,11H2,1-2H3/t12-,13+/m1/s1. The largest absolute Gasteiger partial charge is 0.289 e. The maximum atomic E-state index is 13.9. The first-order valence-electron chi connectivity index (χ1n) is 8.24. The van der Waals surface area contributed by atoms with Crippen LogP contribution >= 0.6 is 0 Å². The minimum atomic E-state index is -0.386. The van der Waals surface area contributed by atoms with Crippen molar-refractivity contribution >= 4 is 11.7 Å². The van der Waals surface area contributed by atoms with Crippen LogP contribution in [0.4, 0.5) is 10.2 Å². The molecule has 1 amide bonds. The first-order chi connectivity index (χ1) is 12.1. The molecule has 1 aromatic carbocycles.